The van der Waals surface area contributed by atoms with Crippen molar-refractivity contribution in [3.8, 4) is 0 Å². The van der Waals surface area contributed by atoms with Crippen LogP contribution in [0.15, 0.2) is 12.4 Å². The van der Waals surface area contributed by atoms with E-state index < -0.39 is 5.54 Å². The summed E-state index contributed by atoms with van der Waals surface area (Å²) in [5.41, 5.74) is -0.646. The second kappa shape index (κ2) is 4.21. The zero-order chi connectivity index (χ0) is 10.6. The van der Waals surface area contributed by atoms with E-state index >= 15 is 0 Å². The van der Waals surface area contributed by atoms with Gasteiger partial charge in [-0.3, -0.25) is 9.89 Å². The Morgan fingerprint density at radius 1 is 1.64 bits per heavy atom. The van der Waals surface area contributed by atoms with E-state index in [-0.39, 0.29) is 19.1 Å². The minimum absolute atomic E-state index is 0.326. The molecule has 0 fully saturated rings. The van der Waals surface area contributed by atoms with Crippen LogP contribution in [0.1, 0.15) is 17.3 Å². The van der Waals surface area contributed by atoms with Gasteiger partial charge in [-0.25, -0.2) is 0 Å². The maximum absolute atomic E-state index is 11.4. The van der Waals surface area contributed by atoms with Gasteiger partial charge in [-0.1, -0.05) is 0 Å². The van der Waals surface area contributed by atoms with Gasteiger partial charge in [0.15, 0.2) is 0 Å². The van der Waals surface area contributed by atoms with E-state index in [1.54, 1.807) is 6.92 Å². The SMILES string of the molecule is CC(CO)(CO)NC(=O)c1cn[nH]c1. The summed E-state index contributed by atoms with van der Waals surface area (Å²) in [6.45, 7) is 0.894. The van der Waals surface area contributed by atoms with Gasteiger partial charge in [0.05, 0.1) is 30.5 Å². The first-order valence-corrected chi connectivity index (χ1v) is 4.14. The number of hydrogen-bond donors (Lipinski definition) is 4. The highest BCUT2D eigenvalue weighted by Gasteiger charge is 2.25. The van der Waals surface area contributed by atoms with Crippen LogP contribution in [0, 0.1) is 0 Å². The summed E-state index contributed by atoms with van der Waals surface area (Å²) in [5, 5.41) is 26.5. The molecule has 0 aromatic carbocycles. The number of aromatic nitrogens is 2. The van der Waals surface area contributed by atoms with E-state index in [2.05, 4.69) is 15.5 Å². The lowest BCUT2D eigenvalue weighted by molar-refractivity contribution is 0.0724. The molecule has 0 aliphatic rings. The molecule has 0 saturated heterocycles. The molecule has 1 aromatic rings. The topological polar surface area (TPSA) is 98.2 Å². The Kier molecular flexibility index (Phi) is 3.21. The van der Waals surface area contributed by atoms with Gasteiger partial charge in [-0.2, -0.15) is 5.10 Å². The van der Waals surface area contributed by atoms with Crippen molar-refractivity contribution in [3.05, 3.63) is 18.0 Å². The van der Waals surface area contributed by atoms with Crippen molar-refractivity contribution < 1.29 is 15.0 Å². The average Bonchev–Trinajstić information content (AvgIpc) is 2.70. The fourth-order valence-corrected chi connectivity index (χ4v) is 0.850. The predicted octanol–water partition coefficient (Wildman–Crippen LogP) is -1.12. The summed E-state index contributed by atoms with van der Waals surface area (Å²) in [7, 11) is 0. The van der Waals surface area contributed by atoms with E-state index in [4.69, 9.17) is 10.2 Å². The number of hydrogen-bond acceptors (Lipinski definition) is 4. The standard InChI is InChI=1S/C8H13N3O3/c1-8(4-12,5-13)11-7(14)6-2-9-10-3-6/h2-3,12-13H,4-5H2,1H3,(H,9,10)(H,11,14). The van der Waals surface area contributed by atoms with E-state index in [1.807, 2.05) is 0 Å². The van der Waals surface area contributed by atoms with Gasteiger partial charge in [-0.05, 0) is 6.92 Å². The average molecular weight is 199 g/mol. The van der Waals surface area contributed by atoms with Crippen molar-refractivity contribution in [2.24, 2.45) is 0 Å². The normalized spacial score (nSPS) is 11.4. The Morgan fingerprint density at radius 3 is 2.71 bits per heavy atom. The lowest BCUT2D eigenvalue weighted by Crippen LogP contribution is -2.51. The Morgan fingerprint density at radius 2 is 2.29 bits per heavy atom. The maximum atomic E-state index is 11.4. The lowest BCUT2D eigenvalue weighted by Gasteiger charge is -2.25. The fraction of sp³-hybridized carbons (Fsp3) is 0.500. The molecule has 0 saturated carbocycles. The first-order valence-electron chi connectivity index (χ1n) is 4.14. The highest BCUT2D eigenvalue weighted by atomic mass is 16.3. The summed E-state index contributed by atoms with van der Waals surface area (Å²) in [6.07, 6.45) is 2.80. The number of H-pyrrole nitrogens is 1. The Hall–Kier alpha value is -1.40. The molecule has 1 amide bonds. The number of aliphatic hydroxyl groups is 2. The van der Waals surface area contributed by atoms with E-state index in [1.165, 1.54) is 12.4 Å². The lowest BCUT2D eigenvalue weighted by atomic mass is 10.1. The van der Waals surface area contributed by atoms with Gasteiger partial charge in [-0.15, -0.1) is 0 Å². The van der Waals surface area contributed by atoms with Crippen molar-refractivity contribution >= 4 is 5.91 Å². The molecule has 0 atom stereocenters. The van der Waals surface area contributed by atoms with Crippen LogP contribution in [0.2, 0.25) is 0 Å². The number of aromatic amines is 1. The molecule has 1 rings (SSSR count). The van der Waals surface area contributed by atoms with E-state index in [9.17, 15) is 4.79 Å². The van der Waals surface area contributed by atoms with Gasteiger partial charge in [0, 0.05) is 6.20 Å². The van der Waals surface area contributed by atoms with Crippen LogP contribution in [0.5, 0.6) is 0 Å². The Balaban J connectivity index is 2.65. The Labute approximate surface area is 81.0 Å². The third-order valence-corrected chi connectivity index (χ3v) is 1.87. The fourth-order valence-electron chi connectivity index (χ4n) is 0.850. The summed E-state index contributed by atoms with van der Waals surface area (Å²) < 4.78 is 0. The molecule has 78 valence electrons. The van der Waals surface area contributed by atoms with Gasteiger partial charge < -0.3 is 15.5 Å². The molecule has 0 aliphatic heterocycles. The zero-order valence-corrected chi connectivity index (χ0v) is 7.82. The largest absolute Gasteiger partial charge is 0.394 e. The van der Waals surface area contributed by atoms with Crippen molar-refractivity contribution in [2.75, 3.05) is 13.2 Å². The number of rotatable bonds is 4. The number of carbonyl (C=O) groups is 1. The van der Waals surface area contributed by atoms with Crippen molar-refractivity contribution in [1.82, 2.24) is 15.5 Å². The highest BCUT2D eigenvalue weighted by Crippen LogP contribution is 2.03. The van der Waals surface area contributed by atoms with Crippen LogP contribution >= 0.6 is 0 Å². The van der Waals surface area contributed by atoms with E-state index in [0.29, 0.717) is 5.56 Å². The molecular weight excluding hydrogens is 186 g/mol. The minimum atomic E-state index is -1.01. The second-order valence-corrected chi connectivity index (χ2v) is 3.32. The number of nitrogens with one attached hydrogen (secondary N) is 2. The third-order valence-electron chi connectivity index (χ3n) is 1.87. The molecule has 4 N–H and O–H groups in total. The monoisotopic (exact) mass is 199 g/mol. The smallest absolute Gasteiger partial charge is 0.255 e. The summed E-state index contributed by atoms with van der Waals surface area (Å²) in [5.74, 6) is -0.385. The first kappa shape index (κ1) is 10.7. The quantitative estimate of drug-likeness (QED) is 0.494. The van der Waals surface area contributed by atoms with E-state index in [0.717, 1.165) is 0 Å². The second-order valence-electron chi connectivity index (χ2n) is 3.32. The molecule has 14 heavy (non-hydrogen) atoms. The summed E-state index contributed by atoms with van der Waals surface area (Å²) >= 11 is 0. The van der Waals surface area contributed by atoms with Gasteiger partial charge in [0.1, 0.15) is 0 Å². The van der Waals surface area contributed by atoms with Crippen molar-refractivity contribution in [2.45, 2.75) is 12.5 Å². The van der Waals surface area contributed by atoms with Crippen LogP contribution in [-0.2, 0) is 0 Å². The molecule has 6 heteroatoms. The molecule has 0 unspecified atom stereocenters. The van der Waals surface area contributed by atoms with Crippen LogP contribution in [0.25, 0.3) is 0 Å². The van der Waals surface area contributed by atoms with Crippen LogP contribution in [-0.4, -0.2) is 45.1 Å². The molecule has 0 aliphatic carbocycles. The van der Waals surface area contributed by atoms with Crippen LogP contribution in [0.4, 0.5) is 0 Å². The molecule has 1 heterocycles. The summed E-state index contributed by atoms with van der Waals surface area (Å²) in [4.78, 5) is 11.4. The first-order chi connectivity index (χ1) is 6.61. The zero-order valence-electron chi connectivity index (χ0n) is 7.82. The van der Waals surface area contributed by atoms with Crippen LogP contribution < -0.4 is 5.32 Å². The molecular formula is C8H13N3O3. The number of aliphatic hydroxyl groups excluding tert-OH is 2. The minimum Gasteiger partial charge on any atom is -0.394 e. The Bertz CT molecular complexity index is 293. The van der Waals surface area contributed by atoms with Crippen molar-refractivity contribution in [3.63, 3.8) is 0 Å². The molecule has 0 spiro atoms. The molecule has 0 bridgehead atoms. The maximum Gasteiger partial charge on any atom is 0.255 e. The molecule has 6 nitrogen and oxygen atoms in total. The predicted molar refractivity (Wildman–Crippen MR) is 48.6 cm³/mol. The van der Waals surface area contributed by atoms with Gasteiger partial charge in [0.2, 0.25) is 0 Å². The number of amides is 1. The number of nitrogens with zero attached hydrogens (tertiary/aromatic N) is 1. The highest BCUT2D eigenvalue weighted by molar-refractivity contribution is 5.94. The van der Waals surface area contributed by atoms with Crippen LogP contribution in [0.3, 0.4) is 0 Å². The van der Waals surface area contributed by atoms with Gasteiger partial charge in [0.25, 0.3) is 5.91 Å². The van der Waals surface area contributed by atoms with Crippen molar-refractivity contribution in [1.29, 1.82) is 0 Å². The summed E-state index contributed by atoms with van der Waals surface area (Å²) in [6, 6.07) is 0. The molecule has 1 aromatic heterocycles. The number of carbonyl (C=O) groups excluding carboxylic acids is 1. The third kappa shape index (κ3) is 2.30. The molecule has 0 radical (unpaired) electrons. The van der Waals surface area contributed by atoms with Gasteiger partial charge >= 0.3 is 0 Å².